The molecule has 0 spiro atoms. The van der Waals surface area contributed by atoms with E-state index in [1.807, 2.05) is 32.2 Å². The molecule has 0 saturated carbocycles. The van der Waals surface area contributed by atoms with E-state index in [0.717, 1.165) is 17.6 Å². The van der Waals surface area contributed by atoms with E-state index in [9.17, 15) is 14.7 Å². The number of hydrogen-bond donors (Lipinski definition) is 1. The third-order valence-electron chi connectivity index (χ3n) is 4.20. The van der Waals surface area contributed by atoms with Gasteiger partial charge in [-0.2, -0.15) is 0 Å². The molecule has 0 bridgehead atoms. The van der Waals surface area contributed by atoms with Gasteiger partial charge in [0.25, 0.3) is 5.91 Å². The van der Waals surface area contributed by atoms with Gasteiger partial charge in [0.1, 0.15) is 11.3 Å². The third-order valence-corrected chi connectivity index (χ3v) is 4.20. The lowest BCUT2D eigenvalue weighted by molar-refractivity contribution is -0.143. The van der Waals surface area contributed by atoms with Crippen molar-refractivity contribution in [3.8, 4) is 0 Å². The summed E-state index contributed by atoms with van der Waals surface area (Å²) in [5.74, 6) is -1.44. The van der Waals surface area contributed by atoms with Gasteiger partial charge in [-0.1, -0.05) is 6.07 Å². The van der Waals surface area contributed by atoms with Crippen LogP contribution < -0.4 is 0 Å². The van der Waals surface area contributed by atoms with Gasteiger partial charge in [0.15, 0.2) is 0 Å². The molecular weight excluding hydrogens is 282 g/mol. The topological polar surface area (TPSA) is 74.9 Å². The summed E-state index contributed by atoms with van der Waals surface area (Å²) in [6.07, 6.45) is 3.24. The van der Waals surface area contributed by atoms with Crippen molar-refractivity contribution < 1.29 is 14.7 Å². The van der Waals surface area contributed by atoms with Gasteiger partial charge in [0.05, 0.1) is 11.6 Å². The lowest BCUT2D eigenvalue weighted by Crippen LogP contribution is -2.42. The normalized spacial score (nSPS) is 18.6. The first-order valence-corrected chi connectivity index (χ1v) is 7.45. The van der Waals surface area contributed by atoms with E-state index in [1.54, 1.807) is 9.30 Å². The van der Waals surface area contributed by atoms with Gasteiger partial charge in [-0.25, -0.2) is 4.98 Å². The minimum absolute atomic E-state index is 0.137. The van der Waals surface area contributed by atoms with Crippen LogP contribution in [0.25, 0.3) is 5.65 Å². The van der Waals surface area contributed by atoms with Crippen LogP contribution >= 0.6 is 0 Å². The summed E-state index contributed by atoms with van der Waals surface area (Å²) in [6, 6.07) is 3.84. The monoisotopic (exact) mass is 301 g/mol. The molecule has 6 nitrogen and oxygen atoms in total. The van der Waals surface area contributed by atoms with Gasteiger partial charge in [0, 0.05) is 19.3 Å². The molecule has 2 aromatic heterocycles. The van der Waals surface area contributed by atoms with Crippen molar-refractivity contribution in [2.24, 2.45) is 5.92 Å². The molecule has 1 N–H and O–H groups in total. The number of carboxylic acid groups (broad SMARTS) is 1. The number of carbonyl (C=O) groups excluding carboxylic acids is 1. The van der Waals surface area contributed by atoms with Crippen LogP contribution in [0.2, 0.25) is 0 Å². The highest BCUT2D eigenvalue weighted by molar-refractivity contribution is 5.95. The SMILES string of the molecule is Cc1ccc2nc(C)c(C(=O)N3CCCC(C(=O)O)C3)n2c1. The average molecular weight is 301 g/mol. The molecule has 1 unspecified atom stereocenters. The van der Waals surface area contributed by atoms with Crippen molar-refractivity contribution in [2.45, 2.75) is 26.7 Å². The molecular formula is C16H19N3O3. The molecule has 1 aliphatic heterocycles. The van der Waals surface area contributed by atoms with E-state index >= 15 is 0 Å². The van der Waals surface area contributed by atoms with E-state index in [0.29, 0.717) is 24.4 Å². The quantitative estimate of drug-likeness (QED) is 0.919. The number of aliphatic carboxylic acids is 1. The number of carboxylic acids is 1. The molecule has 2 aromatic rings. The molecule has 1 amide bonds. The molecule has 0 aromatic carbocycles. The van der Waals surface area contributed by atoms with Gasteiger partial charge in [-0.15, -0.1) is 0 Å². The van der Waals surface area contributed by atoms with Crippen LogP contribution in [0.5, 0.6) is 0 Å². The number of piperidine rings is 1. The number of imidazole rings is 1. The Morgan fingerprint density at radius 1 is 1.32 bits per heavy atom. The maximum atomic E-state index is 12.8. The molecule has 3 heterocycles. The van der Waals surface area contributed by atoms with Crippen LogP contribution in [0, 0.1) is 19.8 Å². The summed E-state index contributed by atoms with van der Waals surface area (Å²) >= 11 is 0. The Morgan fingerprint density at radius 2 is 2.09 bits per heavy atom. The number of aromatic nitrogens is 2. The van der Waals surface area contributed by atoms with Crippen molar-refractivity contribution in [3.63, 3.8) is 0 Å². The number of amides is 1. The smallest absolute Gasteiger partial charge is 0.308 e. The highest BCUT2D eigenvalue weighted by atomic mass is 16.4. The summed E-state index contributed by atoms with van der Waals surface area (Å²) in [4.78, 5) is 30.1. The second-order valence-electron chi connectivity index (χ2n) is 5.91. The lowest BCUT2D eigenvalue weighted by Gasteiger charge is -2.30. The molecule has 116 valence electrons. The first-order valence-electron chi connectivity index (χ1n) is 7.45. The third kappa shape index (κ3) is 2.45. The van der Waals surface area contributed by atoms with Crippen LogP contribution in [0.15, 0.2) is 18.3 Å². The van der Waals surface area contributed by atoms with Crippen molar-refractivity contribution in [2.75, 3.05) is 13.1 Å². The molecule has 0 radical (unpaired) electrons. The van der Waals surface area contributed by atoms with Gasteiger partial charge in [0.2, 0.25) is 0 Å². The summed E-state index contributed by atoms with van der Waals surface area (Å²) < 4.78 is 1.80. The predicted octanol–water partition coefficient (Wildman–Crippen LogP) is 1.89. The summed E-state index contributed by atoms with van der Waals surface area (Å²) in [7, 11) is 0. The maximum absolute atomic E-state index is 12.8. The summed E-state index contributed by atoms with van der Waals surface area (Å²) in [5, 5.41) is 9.18. The van der Waals surface area contributed by atoms with Gasteiger partial charge >= 0.3 is 5.97 Å². The van der Waals surface area contributed by atoms with Gasteiger partial charge in [-0.05, 0) is 38.3 Å². The number of aryl methyl sites for hydroxylation is 2. The fourth-order valence-corrected chi connectivity index (χ4v) is 3.04. The van der Waals surface area contributed by atoms with E-state index in [4.69, 9.17) is 0 Å². The van der Waals surface area contributed by atoms with Crippen LogP contribution in [0.4, 0.5) is 0 Å². The zero-order valence-electron chi connectivity index (χ0n) is 12.7. The second kappa shape index (κ2) is 5.44. The number of fused-ring (bicyclic) bond motifs is 1. The van der Waals surface area contributed by atoms with Crippen LogP contribution in [-0.4, -0.2) is 44.4 Å². The molecule has 22 heavy (non-hydrogen) atoms. The maximum Gasteiger partial charge on any atom is 0.308 e. The molecule has 6 heteroatoms. The Morgan fingerprint density at radius 3 is 2.82 bits per heavy atom. The molecule has 3 rings (SSSR count). The first kappa shape index (κ1) is 14.6. The van der Waals surface area contributed by atoms with Crippen LogP contribution in [0.3, 0.4) is 0 Å². The van der Waals surface area contributed by atoms with E-state index < -0.39 is 11.9 Å². The molecule has 0 aliphatic carbocycles. The Hall–Kier alpha value is -2.37. The first-order chi connectivity index (χ1) is 10.5. The minimum Gasteiger partial charge on any atom is -0.481 e. The van der Waals surface area contributed by atoms with E-state index in [1.165, 1.54) is 0 Å². The van der Waals surface area contributed by atoms with E-state index in [2.05, 4.69) is 4.98 Å². The molecule has 1 atom stereocenters. The Balaban J connectivity index is 1.96. The summed E-state index contributed by atoms with van der Waals surface area (Å²) in [6.45, 7) is 4.65. The number of carbonyl (C=O) groups is 2. The minimum atomic E-state index is -0.830. The van der Waals surface area contributed by atoms with Gasteiger partial charge in [-0.3, -0.25) is 14.0 Å². The number of hydrogen-bond acceptors (Lipinski definition) is 3. The molecule has 1 fully saturated rings. The number of nitrogens with zero attached hydrogens (tertiary/aromatic N) is 3. The standard InChI is InChI=1S/C16H19N3O3/c1-10-5-6-13-17-11(2)14(19(13)8-10)15(20)18-7-3-4-12(9-18)16(21)22/h5-6,8,12H,3-4,7,9H2,1-2H3,(H,21,22). The average Bonchev–Trinajstić information content (AvgIpc) is 2.82. The Kier molecular flexibility index (Phi) is 3.60. The van der Waals surface area contributed by atoms with Crippen molar-refractivity contribution in [1.82, 2.24) is 14.3 Å². The van der Waals surface area contributed by atoms with E-state index in [-0.39, 0.29) is 12.5 Å². The molecule has 1 aliphatic rings. The van der Waals surface area contributed by atoms with Crippen molar-refractivity contribution >= 4 is 17.5 Å². The highest BCUT2D eigenvalue weighted by Gasteiger charge is 2.30. The van der Waals surface area contributed by atoms with Crippen LogP contribution in [-0.2, 0) is 4.79 Å². The summed E-state index contributed by atoms with van der Waals surface area (Å²) in [5.41, 5.74) is 2.98. The van der Waals surface area contributed by atoms with Gasteiger partial charge < -0.3 is 10.0 Å². The van der Waals surface area contributed by atoms with Crippen molar-refractivity contribution in [1.29, 1.82) is 0 Å². The second-order valence-corrected chi connectivity index (χ2v) is 5.91. The Bertz CT molecular complexity index is 750. The number of likely N-dealkylation sites (tertiary alicyclic amines) is 1. The highest BCUT2D eigenvalue weighted by Crippen LogP contribution is 2.21. The fraction of sp³-hybridized carbons (Fsp3) is 0.438. The molecule has 1 saturated heterocycles. The zero-order chi connectivity index (χ0) is 15.9. The lowest BCUT2D eigenvalue weighted by atomic mass is 9.98. The largest absolute Gasteiger partial charge is 0.481 e. The number of rotatable bonds is 2. The van der Waals surface area contributed by atoms with Crippen molar-refractivity contribution in [3.05, 3.63) is 35.3 Å². The Labute approximate surface area is 128 Å². The van der Waals surface area contributed by atoms with Crippen LogP contribution in [0.1, 0.15) is 34.6 Å². The fourth-order valence-electron chi connectivity index (χ4n) is 3.04. The number of pyridine rings is 1. The zero-order valence-corrected chi connectivity index (χ0v) is 12.7. The predicted molar refractivity (Wildman–Crippen MR) is 80.9 cm³/mol.